The number of ether oxygens (including phenoxy) is 1. The summed E-state index contributed by atoms with van der Waals surface area (Å²) in [7, 11) is -1.66. The molecule has 2 N–H and O–H groups in total. The van der Waals surface area contributed by atoms with Gasteiger partial charge in [0.1, 0.15) is 5.94 Å². The molecular weight excluding hydrogens is 166 g/mol. The molecule has 0 fully saturated rings. The van der Waals surface area contributed by atoms with Crippen molar-refractivity contribution in [2.24, 2.45) is 5.73 Å². The molecule has 0 aliphatic rings. The average Bonchev–Trinajstić information content (AvgIpc) is 1.84. The zero-order chi connectivity index (χ0) is 8.91. The maximum atomic E-state index is 11.0. The highest BCUT2D eigenvalue weighted by atomic mass is 32.2. The van der Waals surface area contributed by atoms with Crippen molar-refractivity contribution in [3.8, 4) is 0 Å². The SMILES string of the molecule is COCS(=O)(=O)CCC(C)N. The van der Waals surface area contributed by atoms with Gasteiger partial charge in [-0.2, -0.15) is 0 Å². The van der Waals surface area contributed by atoms with Crippen LogP contribution in [0.1, 0.15) is 13.3 Å². The number of hydrogen-bond donors (Lipinski definition) is 1. The minimum Gasteiger partial charge on any atom is -0.369 e. The van der Waals surface area contributed by atoms with Crippen molar-refractivity contribution in [3.05, 3.63) is 0 Å². The topological polar surface area (TPSA) is 69.4 Å². The molecule has 1 unspecified atom stereocenters. The van der Waals surface area contributed by atoms with Gasteiger partial charge < -0.3 is 10.5 Å². The van der Waals surface area contributed by atoms with Crippen molar-refractivity contribution < 1.29 is 13.2 Å². The third-order valence-electron chi connectivity index (χ3n) is 1.18. The van der Waals surface area contributed by atoms with Gasteiger partial charge in [0, 0.05) is 13.2 Å². The predicted molar refractivity (Wildman–Crippen MR) is 43.9 cm³/mol. The molecule has 0 saturated heterocycles. The Morgan fingerprint density at radius 1 is 1.55 bits per heavy atom. The van der Waals surface area contributed by atoms with Crippen LogP contribution in [0.4, 0.5) is 0 Å². The Kier molecular flexibility index (Phi) is 4.63. The van der Waals surface area contributed by atoms with Crippen LogP contribution in [0.15, 0.2) is 0 Å². The molecule has 0 aromatic rings. The molecule has 0 amide bonds. The summed E-state index contributed by atoms with van der Waals surface area (Å²) in [6.45, 7) is 1.78. The Morgan fingerprint density at radius 3 is 2.45 bits per heavy atom. The second kappa shape index (κ2) is 4.69. The smallest absolute Gasteiger partial charge is 0.174 e. The van der Waals surface area contributed by atoms with Crippen LogP contribution in [0, 0.1) is 0 Å². The maximum Gasteiger partial charge on any atom is 0.174 e. The van der Waals surface area contributed by atoms with E-state index in [2.05, 4.69) is 4.74 Å². The minimum atomic E-state index is -3.03. The van der Waals surface area contributed by atoms with Gasteiger partial charge in [-0.25, -0.2) is 8.42 Å². The highest BCUT2D eigenvalue weighted by Gasteiger charge is 2.10. The zero-order valence-electron chi connectivity index (χ0n) is 6.91. The summed E-state index contributed by atoms with van der Waals surface area (Å²) in [6.07, 6.45) is 0.492. The molecule has 0 aromatic carbocycles. The molecule has 0 aliphatic carbocycles. The molecule has 68 valence electrons. The Labute approximate surface area is 67.6 Å². The van der Waals surface area contributed by atoms with Gasteiger partial charge in [-0.1, -0.05) is 0 Å². The molecule has 0 heterocycles. The number of hydrogen-bond acceptors (Lipinski definition) is 4. The van der Waals surface area contributed by atoms with Gasteiger partial charge in [0.05, 0.1) is 5.75 Å². The lowest BCUT2D eigenvalue weighted by Gasteiger charge is -2.04. The molecule has 11 heavy (non-hydrogen) atoms. The molecule has 5 heteroatoms. The maximum absolute atomic E-state index is 11.0. The van der Waals surface area contributed by atoms with Crippen molar-refractivity contribution in [1.82, 2.24) is 0 Å². The third-order valence-corrected chi connectivity index (χ3v) is 2.63. The van der Waals surface area contributed by atoms with Gasteiger partial charge in [-0.15, -0.1) is 0 Å². The van der Waals surface area contributed by atoms with Crippen molar-refractivity contribution in [2.45, 2.75) is 19.4 Å². The fourth-order valence-corrected chi connectivity index (χ4v) is 1.81. The normalized spacial score (nSPS) is 14.8. The van der Waals surface area contributed by atoms with Gasteiger partial charge in [0.2, 0.25) is 0 Å². The van der Waals surface area contributed by atoms with Crippen molar-refractivity contribution in [1.29, 1.82) is 0 Å². The van der Waals surface area contributed by atoms with E-state index >= 15 is 0 Å². The summed E-state index contributed by atoms with van der Waals surface area (Å²) in [5.41, 5.74) is 5.39. The van der Waals surface area contributed by atoms with Crippen molar-refractivity contribution in [3.63, 3.8) is 0 Å². The van der Waals surface area contributed by atoms with Crippen LogP contribution < -0.4 is 5.73 Å². The highest BCUT2D eigenvalue weighted by Crippen LogP contribution is 1.96. The van der Waals surface area contributed by atoms with Crippen molar-refractivity contribution in [2.75, 3.05) is 18.8 Å². The molecule has 0 rings (SSSR count). The fourth-order valence-electron chi connectivity index (χ4n) is 0.604. The Hall–Kier alpha value is -0.130. The number of sulfone groups is 1. The van der Waals surface area contributed by atoms with E-state index in [4.69, 9.17) is 5.73 Å². The first-order chi connectivity index (χ1) is 4.98. The van der Waals surface area contributed by atoms with E-state index in [1.165, 1.54) is 7.11 Å². The van der Waals surface area contributed by atoms with Crippen LogP contribution in [0.3, 0.4) is 0 Å². The summed E-state index contributed by atoms with van der Waals surface area (Å²) in [5.74, 6) is -0.0990. The second-order valence-corrected chi connectivity index (χ2v) is 4.75. The van der Waals surface area contributed by atoms with E-state index in [1.807, 2.05) is 0 Å². The molecular formula is C6H15NO3S. The average molecular weight is 181 g/mol. The molecule has 0 aliphatic heterocycles. The first-order valence-electron chi connectivity index (χ1n) is 3.43. The molecule has 0 spiro atoms. The summed E-state index contributed by atoms with van der Waals surface area (Å²) in [4.78, 5) is 0. The Morgan fingerprint density at radius 2 is 2.09 bits per heavy atom. The molecule has 1 atom stereocenters. The van der Waals surface area contributed by atoms with Gasteiger partial charge in [-0.05, 0) is 13.3 Å². The number of nitrogens with two attached hydrogens (primary N) is 1. The lowest BCUT2D eigenvalue weighted by Crippen LogP contribution is -2.21. The van der Waals surface area contributed by atoms with Crippen molar-refractivity contribution >= 4 is 9.84 Å². The van der Waals surface area contributed by atoms with Crippen LogP contribution in [0.5, 0.6) is 0 Å². The molecule has 4 nitrogen and oxygen atoms in total. The first-order valence-corrected chi connectivity index (χ1v) is 5.25. The van der Waals surface area contributed by atoms with Gasteiger partial charge in [-0.3, -0.25) is 0 Å². The summed E-state index contributed by atoms with van der Waals surface area (Å²) in [6, 6.07) is -0.0679. The van der Waals surface area contributed by atoms with E-state index in [0.29, 0.717) is 6.42 Å². The molecule has 0 bridgehead atoms. The molecule has 0 radical (unpaired) electrons. The fraction of sp³-hybridized carbons (Fsp3) is 1.00. The number of rotatable bonds is 5. The van der Waals surface area contributed by atoms with E-state index in [-0.39, 0.29) is 17.7 Å². The standard InChI is InChI=1S/C6H15NO3S/c1-6(7)3-4-11(8,9)5-10-2/h6H,3-5,7H2,1-2H3. The Balaban J connectivity index is 3.74. The third kappa shape index (κ3) is 6.28. The van der Waals surface area contributed by atoms with E-state index < -0.39 is 9.84 Å². The van der Waals surface area contributed by atoms with Crippen LogP contribution >= 0.6 is 0 Å². The zero-order valence-corrected chi connectivity index (χ0v) is 7.73. The quantitative estimate of drug-likeness (QED) is 0.634. The first kappa shape index (κ1) is 10.9. The monoisotopic (exact) mass is 181 g/mol. The molecule has 0 saturated carbocycles. The van der Waals surface area contributed by atoms with Crippen LogP contribution in [-0.4, -0.2) is 33.3 Å². The highest BCUT2D eigenvalue weighted by molar-refractivity contribution is 7.91. The van der Waals surface area contributed by atoms with Gasteiger partial charge in [0.25, 0.3) is 0 Å². The van der Waals surface area contributed by atoms with Gasteiger partial charge in [0.15, 0.2) is 9.84 Å². The predicted octanol–water partition coefficient (Wildman–Crippen LogP) is -0.258. The van der Waals surface area contributed by atoms with E-state index in [1.54, 1.807) is 6.92 Å². The summed E-state index contributed by atoms with van der Waals surface area (Å²) >= 11 is 0. The molecule has 0 aromatic heterocycles. The van der Waals surface area contributed by atoms with Crippen LogP contribution in [0.25, 0.3) is 0 Å². The lowest BCUT2D eigenvalue weighted by molar-refractivity contribution is 0.249. The van der Waals surface area contributed by atoms with Gasteiger partial charge >= 0.3 is 0 Å². The summed E-state index contributed by atoms with van der Waals surface area (Å²) in [5, 5.41) is 0. The Bertz CT molecular complexity index is 186. The van der Waals surface area contributed by atoms with Crippen LogP contribution in [0.2, 0.25) is 0 Å². The van der Waals surface area contributed by atoms with E-state index in [9.17, 15) is 8.42 Å². The van der Waals surface area contributed by atoms with Crippen LogP contribution in [-0.2, 0) is 14.6 Å². The summed E-state index contributed by atoms with van der Waals surface area (Å²) < 4.78 is 26.4. The number of methoxy groups -OCH3 is 1. The lowest BCUT2D eigenvalue weighted by atomic mass is 10.3. The largest absolute Gasteiger partial charge is 0.369 e. The second-order valence-electron chi connectivity index (χ2n) is 2.62. The minimum absolute atomic E-state index is 0.0679. The van der Waals surface area contributed by atoms with E-state index in [0.717, 1.165) is 0 Å².